The van der Waals surface area contributed by atoms with Gasteiger partial charge in [0.2, 0.25) is 0 Å². The number of fused-ring (bicyclic) bond motifs is 1. The highest BCUT2D eigenvalue weighted by Gasteiger charge is 2.40. The number of ether oxygens (including phenoxy) is 1. The van der Waals surface area contributed by atoms with Gasteiger partial charge in [-0.05, 0) is 50.5 Å². The zero-order valence-electron chi connectivity index (χ0n) is 14.4. The number of carboxylic acid groups (broad SMARTS) is 1. The number of rotatable bonds is 5. The molecule has 0 radical (unpaired) electrons. The summed E-state index contributed by atoms with van der Waals surface area (Å²) in [6.07, 6.45) is 1.68. The van der Waals surface area contributed by atoms with Crippen molar-refractivity contribution in [3.63, 3.8) is 0 Å². The average molecular weight is 339 g/mol. The monoisotopic (exact) mass is 339 g/mol. The molecule has 2 aromatic rings. The largest absolute Gasteiger partial charge is 0.478 e. The molecule has 5 nitrogen and oxygen atoms in total. The summed E-state index contributed by atoms with van der Waals surface area (Å²) in [5, 5.41) is 9.17. The second kappa shape index (κ2) is 6.59. The number of hydrogen-bond donors (Lipinski definition) is 1. The Kier molecular flexibility index (Phi) is 4.49. The van der Waals surface area contributed by atoms with E-state index in [4.69, 9.17) is 9.84 Å². The molecular formula is C20H21NO4. The lowest BCUT2D eigenvalue weighted by Gasteiger charge is -2.39. The van der Waals surface area contributed by atoms with Crippen LogP contribution in [0.3, 0.4) is 0 Å². The predicted octanol–water partition coefficient (Wildman–Crippen LogP) is 3.52. The summed E-state index contributed by atoms with van der Waals surface area (Å²) < 4.78 is 5.76. The highest BCUT2D eigenvalue weighted by Crippen LogP contribution is 2.38. The smallest absolute Gasteiger partial charge is 0.335 e. The van der Waals surface area contributed by atoms with Crippen LogP contribution in [0.2, 0.25) is 0 Å². The number of nitrogens with zero attached hydrogens (tertiary/aromatic N) is 1. The van der Waals surface area contributed by atoms with Crippen LogP contribution >= 0.6 is 0 Å². The molecule has 0 aliphatic carbocycles. The zero-order chi connectivity index (χ0) is 18.0. The van der Waals surface area contributed by atoms with E-state index in [9.17, 15) is 9.59 Å². The first-order valence-electron chi connectivity index (χ1n) is 8.31. The van der Waals surface area contributed by atoms with Crippen molar-refractivity contribution >= 4 is 17.6 Å². The van der Waals surface area contributed by atoms with Gasteiger partial charge in [-0.15, -0.1) is 0 Å². The quantitative estimate of drug-likeness (QED) is 0.905. The molecule has 0 saturated heterocycles. The fourth-order valence-corrected chi connectivity index (χ4v) is 3.01. The van der Waals surface area contributed by atoms with Crippen LogP contribution in [0.25, 0.3) is 0 Å². The number of aromatic carboxylic acids is 1. The number of anilines is 1. The molecule has 2 aromatic carbocycles. The lowest BCUT2D eigenvalue weighted by molar-refractivity contribution is -0.132. The summed E-state index contributed by atoms with van der Waals surface area (Å²) in [6, 6.07) is 14.7. The molecule has 0 bridgehead atoms. The third-order valence-electron chi connectivity index (χ3n) is 4.31. The Bertz CT molecular complexity index is 799. The Labute approximate surface area is 146 Å². The molecule has 0 aromatic heterocycles. The second-order valence-corrected chi connectivity index (χ2v) is 6.65. The van der Waals surface area contributed by atoms with Crippen LogP contribution in [0, 0.1) is 0 Å². The molecular weight excluding hydrogens is 318 g/mol. The minimum atomic E-state index is -1.02. The number of hydrogen-bond acceptors (Lipinski definition) is 3. The van der Waals surface area contributed by atoms with Gasteiger partial charge in [-0.25, -0.2) is 4.79 Å². The van der Waals surface area contributed by atoms with Gasteiger partial charge in [0.25, 0.3) is 5.91 Å². The molecule has 130 valence electrons. The van der Waals surface area contributed by atoms with Gasteiger partial charge in [0.15, 0.2) is 5.60 Å². The van der Waals surface area contributed by atoms with Crippen LogP contribution in [0.4, 0.5) is 5.69 Å². The highest BCUT2D eigenvalue weighted by atomic mass is 16.5. The van der Waals surface area contributed by atoms with Crippen LogP contribution in [0.5, 0.6) is 5.75 Å². The molecule has 1 amide bonds. The Balaban J connectivity index is 1.82. The van der Waals surface area contributed by atoms with Crippen molar-refractivity contribution in [2.24, 2.45) is 0 Å². The lowest BCUT2D eigenvalue weighted by atomic mass is 10.0. The van der Waals surface area contributed by atoms with E-state index in [-0.39, 0.29) is 11.5 Å². The number of carbonyl (C=O) groups excluding carboxylic acids is 1. The molecule has 0 fully saturated rings. The van der Waals surface area contributed by atoms with Gasteiger partial charge in [0.05, 0.1) is 11.3 Å². The fraction of sp³-hybridized carbons (Fsp3) is 0.300. The van der Waals surface area contributed by atoms with Gasteiger partial charge in [0, 0.05) is 6.54 Å². The average Bonchev–Trinajstić information content (AvgIpc) is 2.58. The first kappa shape index (κ1) is 17.0. The summed E-state index contributed by atoms with van der Waals surface area (Å²) in [7, 11) is 0. The topological polar surface area (TPSA) is 66.8 Å². The van der Waals surface area contributed by atoms with Gasteiger partial charge >= 0.3 is 5.97 Å². The lowest BCUT2D eigenvalue weighted by Crippen LogP contribution is -2.52. The normalized spacial score (nSPS) is 15.4. The number of amides is 1. The molecule has 0 saturated carbocycles. The molecule has 1 N–H and O–H groups in total. The van der Waals surface area contributed by atoms with E-state index in [0.717, 1.165) is 12.8 Å². The van der Waals surface area contributed by atoms with Gasteiger partial charge in [-0.2, -0.15) is 0 Å². The van der Waals surface area contributed by atoms with Crippen molar-refractivity contribution in [3.8, 4) is 5.75 Å². The number of carboxylic acids is 1. The summed E-state index contributed by atoms with van der Waals surface area (Å²) >= 11 is 0. The van der Waals surface area contributed by atoms with E-state index >= 15 is 0 Å². The Morgan fingerprint density at radius 1 is 1.16 bits per heavy atom. The van der Waals surface area contributed by atoms with Crippen molar-refractivity contribution in [1.82, 2.24) is 0 Å². The Morgan fingerprint density at radius 2 is 1.88 bits per heavy atom. The summed E-state index contributed by atoms with van der Waals surface area (Å²) in [4.78, 5) is 25.6. The van der Waals surface area contributed by atoms with Crippen molar-refractivity contribution in [2.45, 2.75) is 32.3 Å². The fourth-order valence-electron chi connectivity index (χ4n) is 3.01. The molecule has 0 unspecified atom stereocenters. The van der Waals surface area contributed by atoms with Crippen molar-refractivity contribution in [2.75, 3.05) is 11.4 Å². The first-order valence-corrected chi connectivity index (χ1v) is 8.31. The zero-order valence-corrected chi connectivity index (χ0v) is 14.4. The van der Waals surface area contributed by atoms with Gasteiger partial charge < -0.3 is 14.7 Å². The third kappa shape index (κ3) is 3.50. The second-order valence-electron chi connectivity index (χ2n) is 6.65. The van der Waals surface area contributed by atoms with Crippen LogP contribution in [-0.2, 0) is 11.2 Å². The van der Waals surface area contributed by atoms with Crippen LogP contribution < -0.4 is 9.64 Å². The van der Waals surface area contributed by atoms with Crippen LogP contribution in [-0.4, -0.2) is 29.1 Å². The summed E-state index contributed by atoms with van der Waals surface area (Å²) in [6.45, 7) is 3.96. The third-order valence-corrected chi connectivity index (χ3v) is 4.31. The van der Waals surface area contributed by atoms with E-state index < -0.39 is 11.6 Å². The predicted molar refractivity (Wildman–Crippen MR) is 95.2 cm³/mol. The van der Waals surface area contributed by atoms with Crippen molar-refractivity contribution in [1.29, 1.82) is 0 Å². The number of benzene rings is 2. The SMILES string of the molecule is CC1(C)Oc2cc(C(=O)O)ccc2N(CCCc2ccccc2)C1=O. The van der Waals surface area contributed by atoms with Crippen molar-refractivity contribution < 1.29 is 19.4 Å². The molecule has 1 heterocycles. The highest BCUT2D eigenvalue weighted by molar-refractivity contribution is 6.03. The molecule has 0 spiro atoms. The molecule has 25 heavy (non-hydrogen) atoms. The van der Waals surface area contributed by atoms with E-state index in [1.54, 1.807) is 24.8 Å². The number of aryl methyl sites for hydroxylation is 1. The minimum Gasteiger partial charge on any atom is -0.478 e. The minimum absolute atomic E-state index is 0.115. The standard InChI is InChI=1S/C20H21NO4/c1-20(2)19(24)21(12-6-9-14-7-4-3-5-8-14)16-11-10-15(18(22)23)13-17(16)25-20/h3-5,7-8,10-11,13H,6,9,12H2,1-2H3,(H,22,23). The maximum Gasteiger partial charge on any atom is 0.335 e. The maximum atomic E-state index is 12.8. The Morgan fingerprint density at radius 3 is 2.56 bits per heavy atom. The number of carbonyl (C=O) groups is 2. The molecule has 1 aliphatic heterocycles. The first-order chi connectivity index (χ1) is 11.9. The van der Waals surface area contributed by atoms with Crippen LogP contribution in [0.15, 0.2) is 48.5 Å². The van der Waals surface area contributed by atoms with Gasteiger partial charge in [-0.3, -0.25) is 4.79 Å². The molecule has 5 heteroatoms. The van der Waals surface area contributed by atoms with Crippen molar-refractivity contribution in [3.05, 3.63) is 59.7 Å². The van der Waals surface area contributed by atoms with E-state index in [1.807, 2.05) is 18.2 Å². The van der Waals surface area contributed by atoms with Gasteiger partial charge in [-0.1, -0.05) is 30.3 Å². The van der Waals surface area contributed by atoms with E-state index in [0.29, 0.717) is 18.0 Å². The van der Waals surface area contributed by atoms with E-state index in [1.165, 1.54) is 17.7 Å². The Hall–Kier alpha value is -2.82. The summed E-state index contributed by atoms with van der Waals surface area (Å²) in [5.41, 5.74) is 0.982. The van der Waals surface area contributed by atoms with Crippen LogP contribution in [0.1, 0.15) is 36.2 Å². The van der Waals surface area contributed by atoms with Gasteiger partial charge in [0.1, 0.15) is 5.75 Å². The summed E-state index contributed by atoms with van der Waals surface area (Å²) in [5.74, 6) is -0.697. The maximum absolute atomic E-state index is 12.8. The molecule has 0 atom stereocenters. The molecule has 1 aliphatic rings. The molecule has 3 rings (SSSR count). The van der Waals surface area contributed by atoms with E-state index in [2.05, 4.69) is 12.1 Å².